The Kier molecular flexibility index (Phi) is 1.11. The van der Waals surface area contributed by atoms with Gasteiger partial charge in [-0.25, -0.2) is 4.39 Å². The van der Waals surface area contributed by atoms with Crippen LogP contribution >= 0.6 is 0 Å². The average Bonchev–Trinajstić information content (AvgIpc) is 1.91. The minimum Gasteiger partial charge on any atom is -0.386 e. The summed E-state index contributed by atoms with van der Waals surface area (Å²) in [6.07, 6.45) is 1.63. The molecule has 1 rings (SSSR count). The fourth-order valence-electron chi connectivity index (χ4n) is 0.608. The maximum atomic E-state index is 12.0. The van der Waals surface area contributed by atoms with Crippen LogP contribution in [0.4, 0.5) is 4.39 Å². The second-order valence-electron chi connectivity index (χ2n) is 1.67. The second kappa shape index (κ2) is 1.62. The third kappa shape index (κ3) is 0.800. The largest absolute Gasteiger partial charge is 0.386 e. The van der Waals surface area contributed by atoms with Crippen LogP contribution in [0, 0.1) is 0 Å². The molecule has 0 aromatic heterocycles. The van der Waals surface area contributed by atoms with Gasteiger partial charge in [-0.2, -0.15) is 0 Å². The van der Waals surface area contributed by atoms with Gasteiger partial charge in [0, 0.05) is 0 Å². The SMILES string of the molecule is O[C@H]1C=CC[C@H]1F. The molecule has 2 heteroatoms. The summed E-state index contributed by atoms with van der Waals surface area (Å²) in [4.78, 5) is 0. The zero-order valence-electron chi connectivity index (χ0n) is 3.84. The van der Waals surface area contributed by atoms with Gasteiger partial charge in [-0.05, 0) is 6.42 Å². The number of halogens is 1. The summed E-state index contributed by atoms with van der Waals surface area (Å²) in [5.74, 6) is 0. The minimum atomic E-state index is -1.04. The Balaban J connectivity index is 2.45. The lowest BCUT2D eigenvalue weighted by molar-refractivity contribution is 0.129. The Morgan fingerprint density at radius 1 is 1.71 bits per heavy atom. The van der Waals surface area contributed by atoms with Crippen LogP contribution in [0.25, 0.3) is 0 Å². The predicted octanol–water partition coefficient (Wildman–Crippen LogP) is 0.645. The highest BCUT2D eigenvalue weighted by Gasteiger charge is 2.17. The smallest absolute Gasteiger partial charge is 0.133 e. The fourth-order valence-corrected chi connectivity index (χ4v) is 0.608. The molecule has 0 saturated heterocycles. The van der Waals surface area contributed by atoms with Crippen molar-refractivity contribution in [3.8, 4) is 0 Å². The zero-order valence-corrected chi connectivity index (χ0v) is 3.84. The molecule has 0 fully saturated rings. The number of aliphatic hydroxyl groups is 1. The highest BCUT2D eigenvalue weighted by Crippen LogP contribution is 2.12. The Morgan fingerprint density at radius 2 is 2.43 bits per heavy atom. The molecule has 0 spiro atoms. The molecule has 1 aliphatic rings. The summed E-state index contributed by atoms with van der Waals surface area (Å²) in [7, 11) is 0. The van der Waals surface area contributed by atoms with Gasteiger partial charge in [0.15, 0.2) is 0 Å². The van der Waals surface area contributed by atoms with E-state index < -0.39 is 12.3 Å². The Morgan fingerprint density at radius 3 is 2.57 bits per heavy atom. The topological polar surface area (TPSA) is 20.2 Å². The van der Waals surface area contributed by atoms with Gasteiger partial charge >= 0.3 is 0 Å². The molecule has 0 aromatic carbocycles. The predicted molar refractivity (Wildman–Crippen MR) is 24.7 cm³/mol. The first-order valence-electron chi connectivity index (χ1n) is 2.29. The van der Waals surface area contributed by atoms with E-state index in [9.17, 15) is 4.39 Å². The summed E-state index contributed by atoms with van der Waals surface area (Å²) in [6.45, 7) is 0. The van der Waals surface area contributed by atoms with Gasteiger partial charge in [0.1, 0.15) is 12.3 Å². The van der Waals surface area contributed by atoms with Gasteiger partial charge in [0.2, 0.25) is 0 Å². The van der Waals surface area contributed by atoms with Crippen molar-refractivity contribution >= 4 is 0 Å². The van der Waals surface area contributed by atoms with Gasteiger partial charge in [-0.3, -0.25) is 0 Å². The minimum absolute atomic E-state index is 0.376. The quantitative estimate of drug-likeness (QED) is 0.445. The van der Waals surface area contributed by atoms with Crippen molar-refractivity contribution in [3.05, 3.63) is 12.2 Å². The molecular weight excluding hydrogens is 95.1 g/mol. The molecule has 0 unspecified atom stereocenters. The van der Waals surface area contributed by atoms with Crippen molar-refractivity contribution in [3.63, 3.8) is 0 Å². The first kappa shape index (κ1) is 4.78. The molecule has 0 bridgehead atoms. The van der Waals surface area contributed by atoms with E-state index in [1.807, 2.05) is 0 Å². The van der Waals surface area contributed by atoms with Crippen molar-refractivity contribution < 1.29 is 9.50 Å². The Bertz CT molecular complexity index is 90.1. The van der Waals surface area contributed by atoms with Gasteiger partial charge in [-0.15, -0.1) is 0 Å². The second-order valence-corrected chi connectivity index (χ2v) is 1.67. The lowest BCUT2D eigenvalue weighted by atomic mass is 10.3. The number of aliphatic hydroxyl groups excluding tert-OH is 1. The van der Waals surface area contributed by atoms with Crippen LogP contribution in [-0.2, 0) is 0 Å². The van der Waals surface area contributed by atoms with Crippen molar-refractivity contribution in [2.75, 3.05) is 0 Å². The van der Waals surface area contributed by atoms with Crippen LogP contribution in [0.1, 0.15) is 6.42 Å². The summed E-state index contributed by atoms with van der Waals surface area (Å²) < 4.78 is 12.0. The standard InChI is InChI=1S/C5H7FO/c6-4-2-1-3-5(4)7/h1,3-5,7H,2H2/t4-,5+/m1/s1. The maximum Gasteiger partial charge on any atom is 0.133 e. The molecule has 7 heavy (non-hydrogen) atoms. The molecule has 0 aliphatic heterocycles. The van der Waals surface area contributed by atoms with Crippen LogP contribution < -0.4 is 0 Å². The molecule has 1 N–H and O–H groups in total. The summed E-state index contributed by atoms with van der Waals surface area (Å²) in [5, 5.41) is 8.54. The van der Waals surface area contributed by atoms with Gasteiger partial charge in [0.25, 0.3) is 0 Å². The molecule has 2 atom stereocenters. The average molecular weight is 102 g/mol. The molecule has 1 nitrogen and oxygen atoms in total. The third-order valence-electron chi connectivity index (χ3n) is 1.07. The van der Waals surface area contributed by atoms with Crippen LogP contribution in [-0.4, -0.2) is 17.4 Å². The van der Waals surface area contributed by atoms with E-state index >= 15 is 0 Å². The van der Waals surface area contributed by atoms with Crippen LogP contribution in [0.5, 0.6) is 0 Å². The van der Waals surface area contributed by atoms with E-state index in [1.54, 1.807) is 6.08 Å². The summed E-state index contributed by atoms with van der Waals surface area (Å²) in [6, 6.07) is 0. The van der Waals surface area contributed by atoms with Crippen molar-refractivity contribution in [2.24, 2.45) is 0 Å². The maximum absolute atomic E-state index is 12.0. The van der Waals surface area contributed by atoms with Gasteiger partial charge in [0.05, 0.1) is 0 Å². The number of hydrogen-bond donors (Lipinski definition) is 1. The zero-order chi connectivity index (χ0) is 5.28. The molecule has 0 aromatic rings. The van der Waals surface area contributed by atoms with E-state index in [2.05, 4.69) is 0 Å². The molecule has 40 valence electrons. The molecule has 1 aliphatic carbocycles. The Labute approximate surface area is 41.5 Å². The molecule has 0 heterocycles. The van der Waals surface area contributed by atoms with Gasteiger partial charge in [-0.1, -0.05) is 12.2 Å². The highest BCUT2D eigenvalue weighted by molar-refractivity contribution is 5.02. The van der Waals surface area contributed by atoms with Crippen molar-refractivity contribution in [2.45, 2.75) is 18.7 Å². The van der Waals surface area contributed by atoms with E-state index in [-0.39, 0.29) is 0 Å². The van der Waals surface area contributed by atoms with Crippen LogP contribution in [0.15, 0.2) is 12.2 Å². The monoisotopic (exact) mass is 102 g/mol. The highest BCUT2D eigenvalue weighted by atomic mass is 19.1. The number of alkyl halides is 1. The van der Waals surface area contributed by atoms with E-state index in [0.717, 1.165) is 0 Å². The summed E-state index contributed by atoms with van der Waals surface area (Å²) >= 11 is 0. The third-order valence-corrected chi connectivity index (χ3v) is 1.07. The first-order valence-corrected chi connectivity index (χ1v) is 2.29. The van der Waals surface area contributed by atoms with Crippen molar-refractivity contribution in [1.82, 2.24) is 0 Å². The lowest BCUT2D eigenvalue weighted by Gasteiger charge is -1.99. The summed E-state index contributed by atoms with van der Waals surface area (Å²) in [5.41, 5.74) is 0. The normalized spacial score (nSPS) is 39.7. The van der Waals surface area contributed by atoms with Crippen LogP contribution in [0.3, 0.4) is 0 Å². The molecular formula is C5H7FO. The first-order chi connectivity index (χ1) is 3.30. The Hall–Kier alpha value is -0.370. The number of allylic oxidation sites excluding steroid dienone is 1. The fraction of sp³-hybridized carbons (Fsp3) is 0.600. The molecule has 0 radical (unpaired) electrons. The number of hydrogen-bond acceptors (Lipinski definition) is 1. The van der Waals surface area contributed by atoms with E-state index in [0.29, 0.717) is 6.42 Å². The molecule has 0 amide bonds. The lowest BCUT2D eigenvalue weighted by Crippen LogP contribution is -2.12. The van der Waals surface area contributed by atoms with Crippen LogP contribution in [0.2, 0.25) is 0 Å². The van der Waals surface area contributed by atoms with Gasteiger partial charge < -0.3 is 5.11 Å². The molecule has 0 saturated carbocycles. The van der Waals surface area contributed by atoms with E-state index in [4.69, 9.17) is 5.11 Å². The number of rotatable bonds is 0. The van der Waals surface area contributed by atoms with E-state index in [1.165, 1.54) is 6.08 Å². The van der Waals surface area contributed by atoms with Crippen molar-refractivity contribution in [1.29, 1.82) is 0 Å².